The first-order chi connectivity index (χ1) is 14.4. The van der Waals surface area contributed by atoms with Crippen molar-refractivity contribution in [3.8, 4) is 11.1 Å². The molecule has 3 aromatic carbocycles. The molecule has 1 aliphatic rings. The van der Waals surface area contributed by atoms with Crippen LogP contribution in [0.4, 0.5) is 14.5 Å². The normalized spacial score (nSPS) is 13.1. The van der Waals surface area contributed by atoms with Gasteiger partial charge in [0.2, 0.25) is 5.91 Å². The third-order valence-corrected chi connectivity index (χ3v) is 5.50. The van der Waals surface area contributed by atoms with Gasteiger partial charge in [0.05, 0.1) is 10.6 Å². The molecule has 0 radical (unpaired) electrons. The lowest BCUT2D eigenvalue weighted by Gasteiger charge is -2.30. The largest absolute Gasteiger partial charge is 0.366 e. The monoisotopic (exact) mass is 426 g/mol. The minimum Gasteiger partial charge on any atom is -0.366 e. The van der Waals surface area contributed by atoms with Gasteiger partial charge in [-0.05, 0) is 66.4 Å². The van der Waals surface area contributed by atoms with Gasteiger partial charge in [0.1, 0.15) is 11.6 Å². The Balaban J connectivity index is 1.75. The third kappa shape index (κ3) is 3.55. The SMILES string of the molecule is NC(=O)c1ccc(F)c(-c2ccc3c(c2)CCCN3C(=O)c2c(F)cccc2Cl)c1. The van der Waals surface area contributed by atoms with Crippen LogP contribution >= 0.6 is 11.6 Å². The number of amides is 2. The number of fused-ring (bicyclic) bond motifs is 1. The van der Waals surface area contributed by atoms with Crippen molar-refractivity contribution in [2.75, 3.05) is 11.4 Å². The zero-order valence-electron chi connectivity index (χ0n) is 15.8. The summed E-state index contributed by atoms with van der Waals surface area (Å²) in [6, 6.07) is 13.2. The van der Waals surface area contributed by atoms with Crippen LogP contribution in [0.2, 0.25) is 5.02 Å². The molecular formula is C23H17ClF2N2O2. The number of hydrogen-bond acceptors (Lipinski definition) is 2. The highest BCUT2D eigenvalue weighted by molar-refractivity contribution is 6.34. The van der Waals surface area contributed by atoms with Gasteiger partial charge in [0.15, 0.2) is 0 Å². The number of halogens is 3. The molecule has 1 aliphatic heterocycles. The van der Waals surface area contributed by atoms with Gasteiger partial charge < -0.3 is 10.6 Å². The second kappa shape index (κ2) is 7.88. The smallest absolute Gasteiger partial charge is 0.262 e. The fourth-order valence-electron chi connectivity index (χ4n) is 3.71. The van der Waals surface area contributed by atoms with Crippen molar-refractivity contribution in [3.63, 3.8) is 0 Å². The topological polar surface area (TPSA) is 63.4 Å². The number of primary amides is 1. The first-order valence-electron chi connectivity index (χ1n) is 9.35. The summed E-state index contributed by atoms with van der Waals surface area (Å²) in [6.07, 6.45) is 1.34. The highest BCUT2D eigenvalue weighted by Crippen LogP contribution is 2.34. The van der Waals surface area contributed by atoms with Gasteiger partial charge >= 0.3 is 0 Å². The summed E-state index contributed by atoms with van der Waals surface area (Å²) in [5.41, 5.74) is 7.60. The van der Waals surface area contributed by atoms with Crippen molar-refractivity contribution in [2.45, 2.75) is 12.8 Å². The molecule has 2 amide bonds. The number of rotatable bonds is 3. The number of carbonyl (C=O) groups is 2. The van der Waals surface area contributed by atoms with Gasteiger partial charge in [-0.2, -0.15) is 0 Å². The van der Waals surface area contributed by atoms with Gasteiger partial charge in [0, 0.05) is 23.4 Å². The zero-order valence-corrected chi connectivity index (χ0v) is 16.5. The fourth-order valence-corrected chi connectivity index (χ4v) is 3.96. The van der Waals surface area contributed by atoms with E-state index in [-0.39, 0.29) is 21.7 Å². The maximum Gasteiger partial charge on any atom is 0.262 e. The highest BCUT2D eigenvalue weighted by Gasteiger charge is 2.27. The first kappa shape index (κ1) is 20.0. The van der Waals surface area contributed by atoms with Crippen LogP contribution in [0.1, 0.15) is 32.7 Å². The van der Waals surface area contributed by atoms with Crippen LogP contribution < -0.4 is 10.6 Å². The predicted molar refractivity (Wildman–Crippen MR) is 112 cm³/mol. The van der Waals surface area contributed by atoms with E-state index in [2.05, 4.69) is 0 Å². The van der Waals surface area contributed by atoms with E-state index < -0.39 is 23.4 Å². The molecule has 0 spiro atoms. The van der Waals surface area contributed by atoms with Crippen molar-refractivity contribution < 1.29 is 18.4 Å². The Hall–Kier alpha value is -3.25. The van der Waals surface area contributed by atoms with Gasteiger partial charge in [0.25, 0.3) is 5.91 Å². The van der Waals surface area contributed by atoms with Crippen molar-refractivity contribution in [3.05, 3.63) is 87.9 Å². The molecule has 4 rings (SSSR count). The van der Waals surface area contributed by atoms with Crippen LogP contribution in [0.5, 0.6) is 0 Å². The van der Waals surface area contributed by atoms with Crippen LogP contribution in [-0.4, -0.2) is 18.4 Å². The summed E-state index contributed by atoms with van der Waals surface area (Å²) < 4.78 is 28.6. The minimum atomic E-state index is -0.679. The predicted octanol–water partition coefficient (Wildman–Crippen LogP) is 4.98. The molecule has 0 saturated carbocycles. The Labute approximate surface area is 176 Å². The Morgan fingerprint density at radius 1 is 1.00 bits per heavy atom. The van der Waals surface area contributed by atoms with E-state index >= 15 is 0 Å². The van der Waals surface area contributed by atoms with Crippen LogP contribution in [0, 0.1) is 11.6 Å². The number of hydrogen-bond donors (Lipinski definition) is 1. The molecule has 0 fully saturated rings. The number of carbonyl (C=O) groups excluding carboxylic acids is 2. The van der Waals surface area contributed by atoms with E-state index in [9.17, 15) is 18.4 Å². The van der Waals surface area contributed by atoms with Gasteiger partial charge in [-0.3, -0.25) is 9.59 Å². The Morgan fingerprint density at radius 2 is 1.80 bits per heavy atom. The van der Waals surface area contributed by atoms with Gasteiger partial charge in [-0.15, -0.1) is 0 Å². The summed E-state index contributed by atoms with van der Waals surface area (Å²) in [5.74, 6) is -2.33. The average molecular weight is 427 g/mol. The lowest BCUT2D eigenvalue weighted by molar-refractivity contribution is 0.0978. The number of benzene rings is 3. The van der Waals surface area contributed by atoms with Gasteiger partial charge in [-0.25, -0.2) is 8.78 Å². The average Bonchev–Trinajstić information content (AvgIpc) is 2.72. The van der Waals surface area contributed by atoms with Crippen molar-refractivity contribution in [1.29, 1.82) is 0 Å². The Morgan fingerprint density at radius 3 is 2.53 bits per heavy atom. The summed E-state index contributed by atoms with van der Waals surface area (Å²) in [5, 5.41) is 0.0501. The molecule has 30 heavy (non-hydrogen) atoms. The molecule has 0 bridgehead atoms. The van der Waals surface area contributed by atoms with E-state index in [4.69, 9.17) is 17.3 Å². The molecule has 2 N–H and O–H groups in total. The standard InChI is InChI=1S/C23H17ClF2N2O2/c24-17-4-1-5-19(26)21(17)23(30)28-10-2-3-14-11-13(7-9-20(14)28)16-12-15(22(27)29)6-8-18(16)25/h1,4-9,11-12H,2-3,10H2,(H2,27,29). The summed E-state index contributed by atoms with van der Waals surface area (Å²) in [6.45, 7) is 0.418. The highest BCUT2D eigenvalue weighted by atomic mass is 35.5. The third-order valence-electron chi connectivity index (χ3n) is 5.18. The molecule has 4 nitrogen and oxygen atoms in total. The lowest BCUT2D eigenvalue weighted by atomic mass is 9.94. The number of aryl methyl sites for hydroxylation is 1. The quantitative estimate of drug-likeness (QED) is 0.642. The van der Waals surface area contributed by atoms with Crippen LogP contribution in [0.15, 0.2) is 54.6 Å². The Kier molecular flexibility index (Phi) is 5.26. The number of nitrogens with zero attached hydrogens (tertiary/aromatic N) is 1. The number of nitrogens with two attached hydrogens (primary N) is 1. The van der Waals surface area contributed by atoms with Crippen molar-refractivity contribution >= 4 is 29.1 Å². The van der Waals surface area contributed by atoms with Gasteiger partial charge in [-0.1, -0.05) is 23.7 Å². The molecule has 0 saturated heterocycles. The molecule has 3 aromatic rings. The molecule has 0 aliphatic carbocycles. The first-order valence-corrected chi connectivity index (χ1v) is 9.73. The maximum absolute atomic E-state index is 14.4. The van der Waals surface area contributed by atoms with E-state index in [1.165, 1.54) is 41.3 Å². The molecule has 7 heteroatoms. The van der Waals surface area contributed by atoms with E-state index in [0.29, 0.717) is 30.6 Å². The molecule has 152 valence electrons. The molecular weight excluding hydrogens is 410 g/mol. The fraction of sp³-hybridized carbons (Fsp3) is 0.130. The molecule has 1 heterocycles. The summed E-state index contributed by atoms with van der Waals surface area (Å²) in [4.78, 5) is 26.0. The minimum absolute atomic E-state index is 0.0501. The van der Waals surface area contributed by atoms with Crippen molar-refractivity contribution in [2.24, 2.45) is 5.73 Å². The van der Waals surface area contributed by atoms with Crippen LogP contribution in [0.3, 0.4) is 0 Å². The maximum atomic E-state index is 14.4. The van der Waals surface area contributed by atoms with E-state index in [0.717, 1.165) is 5.56 Å². The second-order valence-electron chi connectivity index (χ2n) is 7.06. The number of anilines is 1. The molecule has 0 atom stereocenters. The summed E-state index contributed by atoms with van der Waals surface area (Å²) >= 11 is 6.07. The second-order valence-corrected chi connectivity index (χ2v) is 7.47. The summed E-state index contributed by atoms with van der Waals surface area (Å²) in [7, 11) is 0. The molecule has 0 aromatic heterocycles. The van der Waals surface area contributed by atoms with Crippen LogP contribution in [-0.2, 0) is 6.42 Å². The Bertz CT molecular complexity index is 1160. The van der Waals surface area contributed by atoms with Crippen LogP contribution in [0.25, 0.3) is 11.1 Å². The van der Waals surface area contributed by atoms with E-state index in [1.807, 2.05) is 0 Å². The zero-order chi connectivity index (χ0) is 21.4. The molecule has 0 unspecified atom stereocenters. The van der Waals surface area contributed by atoms with Crippen molar-refractivity contribution in [1.82, 2.24) is 0 Å². The van der Waals surface area contributed by atoms with E-state index in [1.54, 1.807) is 18.2 Å². The lowest BCUT2D eigenvalue weighted by Crippen LogP contribution is -2.36.